The maximum absolute atomic E-state index is 12.7. The Balaban J connectivity index is 0.00000420. The van der Waals surface area contributed by atoms with Gasteiger partial charge in [-0.1, -0.05) is 13.8 Å². The van der Waals surface area contributed by atoms with Crippen molar-refractivity contribution < 1.29 is 9.53 Å². The van der Waals surface area contributed by atoms with Gasteiger partial charge in [-0.2, -0.15) is 0 Å². The zero-order valence-corrected chi connectivity index (χ0v) is 21.2. The third kappa shape index (κ3) is 8.96. The van der Waals surface area contributed by atoms with E-state index in [1.165, 1.54) is 0 Å². The van der Waals surface area contributed by atoms with E-state index in [0.717, 1.165) is 90.8 Å². The Morgan fingerprint density at radius 1 is 1.03 bits per heavy atom. The highest BCUT2D eigenvalue weighted by atomic mass is 127. The van der Waals surface area contributed by atoms with Crippen LogP contribution in [0.4, 0.5) is 0 Å². The SMILES string of the molecule is CCNC(=NCCCOCC(C)C)N1CCN(C(C)C(=O)N2CCCC2)CC1.I. The molecule has 1 unspecified atom stereocenters. The number of piperazine rings is 1. The largest absolute Gasteiger partial charge is 0.381 e. The third-order valence-corrected chi connectivity index (χ3v) is 5.43. The van der Waals surface area contributed by atoms with Crippen LogP contribution in [-0.4, -0.2) is 98.2 Å². The normalized spacial score (nSPS) is 19.4. The molecule has 2 aliphatic heterocycles. The standard InChI is InChI=1S/C21H41N5O2.HI/c1-5-22-21(23-9-8-16-28-17-18(2)3)26-14-12-24(13-15-26)19(4)20(27)25-10-6-7-11-25;/h18-19H,5-17H2,1-4H3,(H,22,23);1H. The van der Waals surface area contributed by atoms with E-state index in [-0.39, 0.29) is 30.0 Å². The minimum atomic E-state index is -0.0159. The first-order valence-electron chi connectivity index (χ1n) is 11.2. The Hall–Kier alpha value is -0.610. The van der Waals surface area contributed by atoms with Gasteiger partial charge in [0, 0.05) is 65.6 Å². The second-order valence-electron chi connectivity index (χ2n) is 8.29. The van der Waals surface area contributed by atoms with E-state index in [2.05, 4.69) is 42.8 Å². The molecule has 0 aromatic carbocycles. The number of ether oxygens (including phenoxy) is 1. The number of carbonyl (C=O) groups excluding carboxylic acids is 1. The van der Waals surface area contributed by atoms with E-state index < -0.39 is 0 Å². The molecule has 8 heteroatoms. The molecular formula is C21H42IN5O2. The first-order valence-corrected chi connectivity index (χ1v) is 11.2. The van der Waals surface area contributed by atoms with Crippen molar-refractivity contribution >= 4 is 35.8 Å². The van der Waals surface area contributed by atoms with E-state index in [9.17, 15) is 4.79 Å². The molecule has 0 bridgehead atoms. The number of carbonyl (C=O) groups is 1. The summed E-state index contributed by atoms with van der Waals surface area (Å²) in [7, 11) is 0. The van der Waals surface area contributed by atoms with Crippen LogP contribution in [0.1, 0.15) is 47.0 Å². The minimum absolute atomic E-state index is 0. The number of hydrogen-bond acceptors (Lipinski definition) is 4. The van der Waals surface area contributed by atoms with Crippen molar-refractivity contribution in [1.82, 2.24) is 20.0 Å². The van der Waals surface area contributed by atoms with Crippen molar-refractivity contribution in [3.05, 3.63) is 0 Å². The zero-order valence-electron chi connectivity index (χ0n) is 18.9. The number of halogens is 1. The Labute approximate surface area is 194 Å². The van der Waals surface area contributed by atoms with Crippen LogP contribution in [0.2, 0.25) is 0 Å². The fraction of sp³-hybridized carbons (Fsp3) is 0.905. The number of nitrogens with zero attached hydrogens (tertiary/aromatic N) is 4. The summed E-state index contributed by atoms with van der Waals surface area (Å²) in [5, 5.41) is 3.41. The molecule has 0 radical (unpaired) electrons. The van der Waals surface area contributed by atoms with Crippen LogP contribution >= 0.6 is 24.0 Å². The fourth-order valence-corrected chi connectivity index (χ4v) is 3.78. The van der Waals surface area contributed by atoms with Gasteiger partial charge in [-0.3, -0.25) is 14.7 Å². The number of amides is 1. The Kier molecular flexibility index (Phi) is 13.1. The molecule has 1 N–H and O–H groups in total. The molecule has 170 valence electrons. The second-order valence-corrected chi connectivity index (χ2v) is 8.29. The minimum Gasteiger partial charge on any atom is -0.381 e. The first kappa shape index (κ1) is 26.4. The number of guanidine groups is 1. The Morgan fingerprint density at radius 2 is 1.69 bits per heavy atom. The molecule has 0 aromatic heterocycles. The summed E-state index contributed by atoms with van der Waals surface area (Å²) in [5.41, 5.74) is 0. The molecule has 0 aromatic rings. The van der Waals surface area contributed by atoms with E-state index in [1.807, 2.05) is 4.90 Å². The summed E-state index contributed by atoms with van der Waals surface area (Å²) < 4.78 is 5.64. The maximum Gasteiger partial charge on any atom is 0.239 e. The highest BCUT2D eigenvalue weighted by Gasteiger charge is 2.30. The summed E-state index contributed by atoms with van der Waals surface area (Å²) in [4.78, 5) is 24.1. The highest BCUT2D eigenvalue weighted by Crippen LogP contribution is 2.14. The molecule has 2 heterocycles. The van der Waals surface area contributed by atoms with Crippen LogP contribution in [0.3, 0.4) is 0 Å². The molecule has 2 saturated heterocycles. The molecule has 29 heavy (non-hydrogen) atoms. The number of rotatable bonds is 9. The lowest BCUT2D eigenvalue weighted by atomic mass is 10.2. The van der Waals surface area contributed by atoms with Crippen molar-refractivity contribution in [2.24, 2.45) is 10.9 Å². The average Bonchev–Trinajstić information content (AvgIpc) is 3.23. The summed E-state index contributed by atoms with van der Waals surface area (Å²) in [6.07, 6.45) is 3.25. The van der Waals surface area contributed by atoms with Gasteiger partial charge in [0.05, 0.1) is 6.04 Å². The molecule has 2 rings (SSSR count). The molecule has 0 spiro atoms. The van der Waals surface area contributed by atoms with Crippen molar-refractivity contribution in [3.8, 4) is 0 Å². The van der Waals surface area contributed by atoms with Gasteiger partial charge in [-0.15, -0.1) is 24.0 Å². The third-order valence-electron chi connectivity index (χ3n) is 5.43. The van der Waals surface area contributed by atoms with Crippen molar-refractivity contribution in [2.45, 2.75) is 53.0 Å². The lowest BCUT2D eigenvalue weighted by molar-refractivity contribution is -0.135. The van der Waals surface area contributed by atoms with Crippen LogP contribution < -0.4 is 5.32 Å². The molecule has 1 atom stereocenters. The average molecular weight is 524 g/mol. The van der Waals surface area contributed by atoms with E-state index in [4.69, 9.17) is 9.73 Å². The fourth-order valence-electron chi connectivity index (χ4n) is 3.78. The molecule has 0 aliphatic carbocycles. The van der Waals surface area contributed by atoms with Gasteiger partial charge in [0.2, 0.25) is 5.91 Å². The molecule has 2 fully saturated rings. The van der Waals surface area contributed by atoms with Crippen LogP contribution in [-0.2, 0) is 9.53 Å². The highest BCUT2D eigenvalue weighted by molar-refractivity contribution is 14.0. The molecule has 2 aliphatic rings. The second kappa shape index (κ2) is 14.4. The quantitative estimate of drug-likeness (QED) is 0.218. The van der Waals surface area contributed by atoms with Crippen molar-refractivity contribution in [2.75, 3.05) is 65.6 Å². The first-order chi connectivity index (χ1) is 13.5. The van der Waals surface area contributed by atoms with Crippen molar-refractivity contribution in [3.63, 3.8) is 0 Å². The molecular weight excluding hydrogens is 481 g/mol. The van der Waals surface area contributed by atoms with E-state index in [1.54, 1.807) is 0 Å². The van der Waals surface area contributed by atoms with Gasteiger partial charge in [0.1, 0.15) is 0 Å². The van der Waals surface area contributed by atoms with Gasteiger partial charge >= 0.3 is 0 Å². The van der Waals surface area contributed by atoms with Gasteiger partial charge in [0.15, 0.2) is 5.96 Å². The van der Waals surface area contributed by atoms with E-state index in [0.29, 0.717) is 11.8 Å². The summed E-state index contributed by atoms with van der Waals surface area (Å²) in [6.45, 7) is 17.2. The molecule has 1 amide bonds. The van der Waals surface area contributed by atoms with Crippen LogP contribution in [0, 0.1) is 5.92 Å². The smallest absolute Gasteiger partial charge is 0.239 e. The van der Waals surface area contributed by atoms with Gasteiger partial charge < -0.3 is 19.9 Å². The topological polar surface area (TPSA) is 60.4 Å². The number of likely N-dealkylation sites (tertiary alicyclic amines) is 1. The number of hydrogen-bond donors (Lipinski definition) is 1. The summed E-state index contributed by atoms with van der Waals surface area (Å²) >= 11 is 0. The lowest BCUT2D eigenvalue weighted by Crippen LogP contribution is -2.57. The molecule has 0 saturated carbocycles. The zero-order chi connectivity index (χ0) is 20.4. The summed E-state index contributed by atoms with van der Waals surface area (Å²) in [6, 6.07) is -0.0159. The van der Waals surface area contributed by atoms with Crippen LogP contribution in [0.25, 0.3) is 0 Å². The Morgan fingerprint density at radius 3 is 2.28 bits per heavy atom. The van der Waals surface area contributed by atoms with Gasteiger partial charge in [-0.25, -0.2) is 0 Å². The van der Waals surface area contributed by atoms with Gasteiger partial charge in [-0.05, 0) is 39.0 Å². The van der Waals surface area contributed by atoms with Gasteiger partial charge in [0.25, 0.3) is 0 Å². The van der Waals surface area contributed by atoms with Crippen molar-refractivity contribution in [1.29, 1.82) is 0 Å². The maximum atomic E-state index is 12.7. The van der Waals surface area contributed by atoms with Crippen LogP contribution in [0.5, 0.6) is 0 Å². The molecule has 7 nitrogen and oxygen atoms in total. The number of aliphatic imine (C=N–C) groups is 1. The van der Waals surface area contributed by atoms with Crippen LogP contribution in [0.15, 0.2) is 4.99 Å². The lowest BCUT2D eigenvalue weighted by Gasteiger charge is -2.39. The monoisotopic (exact) mass is 523 g/mol. The predicted octanol–water partition coefficient (Wildman–Crippen LogP) is 2.26. The number of nitrogens with one attached hydrogen (secondary N) is 1. The Bertz CT molecular complexity index is 489. The summed E-state index contributed by atoms with van der Waals surface area (Å²) in [5.74, 6) is 1.87. The van der Waals surface area contributed by atoms with E-state index >= 15 is 0 Å². The predicted molar refractivity (Wildman–Crippen MR) is 130 cm³/mol.